The number of nitrogens with zero attached hydrogens (tertiary/aromatic N) is 1. The number of carboxylic acid groups (broad SMARTS) is 1. The normalized spacial score (nSPS) is 10.3. The van der Waals surface area contributed by atoms with Gasteiger partial charge in [0.1, 0.15) is 5.56 Å². The number of hydrogen-bond donors (Lipinski definition) is 3. The Morgan fingerprint density at radius 3 is 2.48 bits per heavy atom. The number of aromatic carboxylic acids is 1. The minimum absolute atomic E-state index is 0.185. The molecule has 1 aromatic heterocycles. The van der Waals surface area contributed by atoms with Crippen molar-refractivity contribution >= 4 is 17.6 Å². The number of anilines is 2. The smallest absolute Gasteiger partial charge is 0.342 e. The standard InChI is InChI=1S/C17H13N3O3/c21-15-14(16(22)23)10-18-17(20-15)19-13-8-4-7-12(9-13)11-5-2-1-3-6-11/h1-10H,(H,22,23)(H2,18,19,20,21). The summed E-state index contributed by atoms with van der Waals surface area (Å²) < 4.78 is 0. The molecule has 3 N–H and O–H groups in total. The number of carboxylic acids is 1. The van der Waals surface area contributed by atoms with E-state index in [1.807, 2.05) is 54.6 Å². The molecule has 0 unspecified atom stereocenters. The Morgan fingerprint density at radius 1 is 1.04 bits per heavy atom. The van der Waals surface area contributed by atoms with E-state index in [0.717, 1.165) is 23.0 Å². The van der Waals surface area contributed by atoms with E-state index >= 15 is 0 Å². The molecule has 0 aliphatic rings. The van der Waals surface area contributed by atoms with Gasteiger partial charge < -0.3 is 10.4 Å². The van der Waals surface area contributed by atoms with Crippen LogP contribution in [-0.4, -0.2) is 21.0 Å². The number of hydrogen-bond acceptors (Lipinski definition) is 4. The van der Waals surface area contributed by atoms with Crippen LogP contribution in [0, 0.1) is 0 Å². The Balaban J connectivity index is 1.88. The van der Waals surface area contributed by atoms with Crippen LogP contribution in [0.15, 0.2) is 65.6 Å². The quantitative estimate of drug-likeness (QED) is 0.689. The number of H-pyrrole nitrogens is 1. The first-order valence-corrected chi connectivity index (χ1v) is 6.88. The van der Waals surface area contributed by atoms with Gasteiger partial charge in [0.05, 0.1) is 6.20 Å². The van der Waals surface area contributed by atoms with Crippen LogP contribution in [0.2, 0.25) is 0 Å². The predicted molar refractivity (Wildman–Crippen MR) is 87.0 cm³/mol. The van der Waals surface area contributed by atoms with E-state index in [4.69, 9.17) is 5.11 Å². The van der Waals surface area contributed by atoms with Gasteiger partial charge in [0.2, 0.25) is 5.95 Å². The third kappa shape index (κ3) is 3.26. The van der Waals surface area contributed by atoms with Crippen molar-refractivity contribution < 1.29 is 9.90 Å². The van der Waals surface area contributed by atoms with Crippen molar-refractivity contribution in [2.75, 3.05) is 5.32 Å². The zero-order chi connectivity index (χ0) is 16.2. The Bertz CT molecular complexity index is 904. The zero-order valence-corrected chi connectivity index (χ0v) is 12.0. The van der Waals surface area contributed by atoms with Crippen LogP contribution in [0.25, 0.3) is 11.1 Å². The molecule has 0 spiro atoms. The number of nitrogens with one attached hydrogen (secondary N) is 2. The molecule has 1 heterocycles. The highest BCUT2D eigenvalue weighted by Gasteiger charge is 2.09. The average Bonchev–Trinajstić information content (AvgIpc) is 2.56. The Morgan fingerprint density at radius 2 is 1.78 bits per heavy atom. The summed E-state index contributed by atoms with van der Waals surface area (Å²) in [6.45, 7) is 0. The molecule has 6 heteroatoms. The predicted octanol–water partition coefficient (Wildman–Crippen LogP) is 2.88. The van der Waals surface area contributed by atoms with Crippen molar-refractivity contribution in [2.45, 2.75) is 0 Å². The maximum Gasteiger partial charge on any atom is 0.342 e. The van der Waals surface area contributed by atoms with Crippen LogP contribution >= 0.6 is 0 Å². The van der Waals surface area contributed by atoms with Crippen molar-refractivity contribution in [1.29, 1.82) is 0 Å². The molecule has 0 atom stereocenters. The highest BCUT2D eigenvalue weighted by molar-refractivity contribution is 5.86. The summed E-state index contributed by atoms with van der Waals surface area (Å²) in [5.74, 6) is -1.12. The second-order valence-electron chi connectivity index (χ2n) is 4.85. The van der Waals surface area contributed by atoms with Crippen molar-refractivity contribution in [3.8, 4) is 11.1 Å². The van der Waals surface area contributed by atoms with Crippen LogP contribution in [-0.2, 0) is 0 Å². The molecular weight excluding hydrogens is 294 g/mol. The molecular formula is C17H13N3O3. The molecule has 0 fully saturated rings. The SMILES string of the molecule is O=C(O)c1cnc(Nc2cccc(-c3ccccc3)c2)[nH]c1=O. The molecule has 0 saturated carbocycles. The van der Waals surface area contributed by atoms with E-state index in [1.54, 1.807) is 0 Å². The van der Waals surface area contributed by atoms with Crippen molar-refractivity contribution in [2.24, 2.45) is 0 Å². The number of carbonyl (C=O) groups is 1. The van der Waals surface area contributed by atoms with Gasteiger partial charge in [-0.3, -0.25) is 9.78 Å². The Kier molecular flexibility index (Phi) is 3.88. The number of benzene rings is 2. The lowest BCUT2D eigenvalue weighted by molar-refractivity contribution is 0.0694. The first kappa shape index (κ1) is 14.5. The van der Waals surface area contributed by atoms with Gasteiger partial charge in [0.15, 0.2) is 0 Å². The molecule has 2 aromatic carbocycles. The van der Waals surface area contributed by atoms with Gasteiger partial charge in [-0.05, 0) is 23.3 Å². The maximum absolute atomic E-state index is 11.6. The first-order valence-electron chi connectivity index (χ1n) is 6.88. The van der Waals surface area contributed by atoms with E-state index in [2.05, 4.69) is 15.3 Å². The van der Waals surface area contributed by atoms with Gasteiger partial charge in [0.25, 0.3) is 5.56 Å². The van der Waals surface area contributed by atoms with Gasteiger partial charge >= 0.3 is 5.97 Å². The number of rotatable bonds is 4. The molecule has 23 heavy (non-hydrogen) atoms. The molecule has 0 aliphatic heterocycles. The molecule has 0 saturated heterocycles. The summed E-state index contributed by atoms with van der Waals surface area (Å²) in [6, 6.07) is 17.5. The lowest BCUT2D eigenvalue weighted by Gasteiger charge is -2.08. The van der Waals surface area contributed by atoms with Gasteiger partial charge in [-0.2, -0.15) is 0 Å². The van der Waals surface area contributed by atoms with Crippen molar-refractivity contribution in [3.63, 3.8) is 0 Å². The molecule has 0 aliphatic carbocycles. The summed E-state index contributed by atoms with van der Waals surface area (Å²) >= 11 is 0. The highest BCUT2D eigenvalue weighted by atomic mass is 16.4. The zero-order valence-electron chi connectivity index (χ0n) is 12.0. The first-order chi connectivity index (χ1) is 11.1. The minimum atomic E-state index is -1.31. The monoisotopic (exact) mass is 307 g/mol. The number of aromatic amines is 1. The molecule has 3 aromatic rings. The van der Waals surface area contributed by atoms with Gasteiger partial charge in [-0.1, -0.05) is 42.5 Å². The topological polar surface area (TPSA) is 95.1 Å². The third-order valence-corrected chi connectivity index (χ3v) is 3.26. The van der Waals surface area contributed by atoms with E-state index in [1.165, 1.54) is 0 Å². The lowest BCUT2D eigenvalue weighted by atomic mass is 10.1. The number of aromatic nitrogens is 2. The van der Waals surface area contributed by atoms with E-state index in [-0.39, 0.29) is 5.95 Å². The van der Waals surface area contributed by atoms with Crippen LogP contribution in [0.5, 0.6) is 0 Å². The highest BCUT2D eigenvalue weighted by Crippen LogP contribution is 2.23. The lowest BCUT2D eigenvalue weighted by Crippen LogP contribution is -2.19. The largest absolute Gasteiger partial charge is 0.477 e. The van der Waals surface area contributed by atoms with Crippen molar-refractivity contribution in [1.82, 2.24) is 9.97 Å². The summed E-state index contributed by atoms with van der Waals surface area (Å²) in [7, 11) is 0. The van der Waals surface area contributed by atoms with Crippen LogP contribution in [0.4, 0.5) is 11.6 Å². The maximum atomic E-state index is 11.6. The second-order valence-corrected chi connectivity index (χ2v) is 4.85. The van der Waals surface area contributed by atoms with Crippen LogP contribution in [0.3, 0.4) is 0 Å². The molecule has 0 radical (unpaired) electrons. The summed E-state index contributed by atoms with van der Waals surface area (Å²) in [4.78, 5) is 28.8. The fraction of sp³-hybridized carbons (Fsp3) is 0. The molecule has 114 valence electrons. The van der Waals surface area contributed by atoms with E-state index in [9.17, 15) is 9.59 Å². The van der Waals surface area contributed by atoms with Gasteiger partial charge in [-0.25, -0.2) is 9.78 Å². The van der Waals surface area contributed by atoms with Crippen LogP contribution < -0.4 is 10.9 Å². The van der Waals surface area contributed by atoms with E-state index in [0.29, 0.717) is 0 Å². The Labute approximate surface area is 131 Å². The van der Waals surface area contributed by atoms with E-state index < -0.39 is 17.1 Å². The molecule has 0 bridgehead atoms. The summed E-state index contributed by atoms with van der Waals surface area (Å²) in [5.41, 5.74) is 1.72. The average molecular weight is 307 g/mol. The minimum Gasteiger partial charge on any atom is -0.477 e. The second kappa shape index (κ2) is 6.15. The molecule has 6 nitrogen and oxygen atoms in total. The van der Waals surface area contributed by atoms with Gasteiger partial charge in [-0.15, -0.1) is 0 Å². The summed E-state index contributed by atoms with van der Waals surface area (Å²) in [6.07, 6.45) is 1.03. The fourth-order valence-corrected chi connectivity index (χ4v) is 2.15. The third-order valence-electron chi connectivity index (χ3n) is 3.26. The van der Waals surface area contributed by atoms with Crippen LogP contribution in [0.1, 0.15) is 10.4 Å². The van der Waals surface area contributed by atoms with Crippen molar-refractivity contribution in [3.05, 3.63) is 76.7 Å². The summed E-state index contributed by atoms with van der Waals surface area (Å²) in [5, 5.41) is 11.8. The molecule has 3 rings (SSSR count). The molecule has 0 amide bonds. The van der Waals surface area contributed by atoms with Gasteiger partial charge in [0, 0.05) is 5.69 Å². The Hall–Kier alpha value is -3.41. The fourth-order valence-electron chi connectivity index (χ4n) is 2.15.